The van der Waals surface area contributed by atoms with Crippen molar-refractivity contribution in [3.8, 4) is 0 Å². The Balaban J connectivity index is 1.68. The van der Waals surface area contributed by atoms with Crippen LogP contribution in [0.2, 0.25) is 0 Å². The molecule has 1 aromatic heterocycles. The Kier molecular flexibility index (Phi) is 3.46. The van der Waals surface area contributed by atoms with Crippen LogP contribution in [0.3, 0.4) is 0 Å². The van der Waals surface area contributed by atoms with Crippen LogP contribution in [0.25, 0.3) is 0 Å². The zero-order valence-electron chi connectivity index (χ0n) is 11.8. The lowest BCUT2D eigenvalue weighted by Gasteiger charge is -2.37. The fourth-order valence-corrected chi connectivity index (χ4v) is 2.68. The highest BCUT2D eigenvalue weighted by Gasteiger charge is 2.17. The van der Waals surface area contributed by atoms with E-state index in [1.807, 2.05) is 12.1 Å². The summed E-state index contributed by atoms with van der Waals surface area (Å²) in [4.78, 5) is 8.85. The zero-order chi connectivity index (χ0) is 13.9. The number of aromatic nitrogens is 1. The fourth-order valence-electron chi connectivity index (χ4n) is 2.68. The molecule has 1 fully saturated rings. The van der Waals surface area contributed by atoms with Crippen molar-refractivity contribution in [1.82, 2.24) is 4.98 Å². The smallest absolute Gasteiger partial charge is 0.125 e. The third-order valence-electron chi connectivity index (χ3n) is 3.78. The number of hydrogen-bond acceptors (Lipinski definition) is 4. The monoisotopic (exact) mass is 268 g/mol. The van der Waals surface area contributed by atoms with Gasteiger partial charge in [-0.2, -0.15) is 0 Å². The topological polar surface area (TPSA) is 45.4 Å². The van der Waals surface area contributed by atoms with E-state index in [9.17, 15) is 0 Å². The van der Waals surface area contributed by atoms with E-state index in [1.54, 1.807) is 6.20 Å². The summed E-state index contributed by atoms with van der Waals surface area (Å²) >= 11 is 0. The molecule has 0 saturated carbocycles. The van der Waals surface area contributed by atoms with Crippen molar-refractivity contribution in [1.29, 1.82) is 0 Å². The molecule has 1 aliphatic heterocycles. The number of nitrogen functional groups attached to an aromatic ring is 1. The average molecular weight is 268 g/mol. The molecule has 0 aliphatic carbocycles. The third kappa shape index (κ3) is 2.69. The first kappa shape index (κ1) is 12.8. The first-order valence-electron chi connectivity index (χ1n) is 7.00. The predicted octanol–water partition coefficient (Wildman–Crippen LogP) is 2.30. The lowest BCUT2D eigenvalue weighted by molar-refractivity contribution is 0.653. The first-order chi connectivity index (χ1) is 9.72. The van der Waals surface area contributed by atoms with Crippen LogP contribution >= 0.6 is 0 Å². The van der Waals surface area contributed by atoms with Gasteiger partial charge in [-0.1, -0.05) is 12.1 Å². The van der Waals surface area contributed by atoms with Gasteiger partial charge in [-0.05, 0) is 30.7 Å². The molecule has 0 atom stereocenters. The first-order valence-corrected chi connectivity index (χ1v) is 7.00. The zero-order valence-corrected chi connectivity index (χ0v) is 11.8. The number of anilines is 3. The number of rotatable bonds is 2. The molecule has 4 heteroatoms. The van der Waals surface area contributed by atoms with E-state index in [4.69, 9.17) is 5.73 Å². The van der Waals surface area contributed by atoms with Crippen LogP contribution in [-0.2, 0) is 0 Å². The lowest BCUT2D eigenvalue weighted by Crippen LogP contribution is -2.46. The predicted molar refractivity (Wildman–Crippen MR) is 84.3 cm³/mol. The van der Waals surface area contributed by atoms with Gasteiger partial charge >= 0.3 is 0 Å². The van der Waals surface area contributed by atoms with Gasteiger partial charge in [0.25, 0.3) is 0 Å². The van der Waals surface area contributed by atoms with Crippen molar-refractivity contribution in [2.24, 2.45) is 0 Å². The highest BCUT2D eigenvalue weighted by molar-refractivity contribution is 5.55. The highest BCUT2D eigenvalue weighted by atomic mass is 15.3. The number of pyridine rings is 1. The molecule has 2 heterocycles. The number of nitrogens with zero attached hydrogens (tertiary/aromatic N) is 3. The molecule has 1 aliphatic rings. The van der Waals surface area contributed by atoms with E-state index in [1.165, 1.54) is 16.9 Å². The molecule has 1 saturated heterocycles. The van der Waals surface area contributed by atoms with Gasteiger partial charge in [-0.15, -0.1) is 0 Å². The van der Waals surface area contributed by atoms with Gasteiger partial charge < -0.3 is 15.5 Å². The second kappa shape index (κ2) is 5.41. The van der Waals surface area contributed by atoms with E-state index < -0.39 is 0 Å². The molecule has 104 valence electrons. The normalized spacial score (nSPS) is 15.4. The number of piperazine rings is 1. The summed E-state index contributed by atoms with van der Waals surface area (Å²) in [5, 5.41) is 0. The van der Waals surface area contributed by atoms with Crippen molar-refractivity contribution in [3.05, 3.63) is 48.2 Å². The average Bonchev–Trinajstić information content (AvgIpc) is 2.47. The van der Waals surface area contributed by atoms with Crippen LogP contribution in [0.4, 0.5) is 17.2 Å². The molecule has 0 bridgehead atoms. The SMILES string of the molecule is Cc1cccc(N2CCN(c3ccnc(N)c3)CC2)c1. The molecule has 0 spiro atoms. The summed E-state index contributed by atoms with van der Waals surface area (Å²) in [6.45, 7) is 6.23. The minimum atomic E-state index is 0.587. The minimum absolute atomic E-state index is 0.587. The van der Waals surface area contributed by atoms with Gasteiger partial charge in [-0.3, -0.25) is 0 Å². The number of aryl methyl sites for hydroxylation is 1. The molecule has 1 aromatic carbocycles. The van der Waals surface area contributed by atoms with E-state index in [2.05, 4.69) is 46.0 Å². The maximum Gasteiger partial charge on any atom is 0.125 e. The second-order valence-electron chi connectivity index (χ2n) is 5.25. The van der Waals surface area contributed by atoms with Gasteiger partial charge in [0.15, 0.2) is 0 Å². The Bertz CT molecular complexity index is 535. The summed E-state index contributed by atoms with van der Waals surface area (Å²) in [7, 11) is 0. The third-order valence-corrected chi connectivity index (χ3v) is 3.78. The van der Waals surface area contributed by atoms with Crippen molar-refractivity contribution < 1.29 is 0 Å². The fraction of sp³-hybridized carbons (Fsp3) is 0.312. The minimum Gasteiger partial charge on any atom is -0.384 e. The summed E-state index contributed by atoms with van der Waals surface area (Å²) in [6.07, 6.45) is 1.78. The molecule has 4 nitrogen and oxygen atoms in total. The highest BCUT2D eigenvalue weighted by Crippen LogP contribution is 2.21. The molecule has 0 unspecified atom stereocenters. The van der Waals surface area contributed by atoms with E-state index in [-0.39, 0.29) is 0 Å². The van der Waals surface area contributed by atoms with E-state index >= 15 is 0 Å². The number of nitrogens with two attached hydrogens (primary N) is 1. The summed E-state index contributed by atoms with van der Waals surface area (Å²) in [5.74, 6) is 0.587. The molecular weight excluding hydrogens is 248 g/mol. The van der Waals surface area contributed by atoms with E-state index in [0.29, 0.717) is 5.82 Å². The lowest BCUT2D eigenvalue weighted by atomic mass is 10.2. The Morgan fingerprint density at radius 3 is 2.20 bits per heavy atom. The quantitative estimate of drug-likeness (QED) is 0.907. The van der Waals surface area contributed by atoms with Crippen LogP contribution in [0.5, 0.6) is 0 Å². The van der Waals surface area contributed by atoms with Crippen LogP contribution in [0, 0.1) is 6.92 Å². The second-order valence-corrected chi connectivity index (χ2v) is 5.25. The molecule has 2 N–H and O–H groups in total. The van der Waals surface area contributed by atoms with Gasteiger partial charge in [0, 0.05) is 49.8 Å². The molecule has 0 amide bonds. The Morgan fingerprint density at radius 2 is 1.60 bits per heavy atom. The Morgan fingerprint density at radius 1 is 0.950 bits per heavy atom. The summed E-state index contributed by atoms with van der Waals surface area (Å²) in [6, 6.07) is 12.7. The van der Waals surface area contributed by atoms with Gasteiger partial charge in [0.05, 0.1) is 0 Å². The van der Waals surface area contributed by atoms with Crippen LogP contribution in [-0.4, -0.2) is 31.2 Å². The maximum atomic E-state index is 5.75. The number of benzene rings is 1. The molecule has 2 aromatic rings. The molecule has 20 heavy (non-hydrogen) atoms. The van der Waals surface area contributed by atoms with Gasteiger partial charge in [0.2, 0.25) is 0 Å². The summed E-state index contributed by atoms with van der Waals surface area (Å²) < 4.78 is 0. The number of hydrogen-bond donors (Lipinski definition) is 1. The molecule has 3 rings (SSSR count). The molecule has 0 radical (unpaired) electrons. The largest absolute Gasteiger partial charge is 0.384 e. The van der Waals surface area contributed by atoms with Gasteiger partial charge in [-0.25, -0.2) is 4.98 Å². The van der Waals surface area contributed by atoms with Gasteiger partial charge in [0.1, 0.15) is 5.82 Å². The van der Waals surface area contributed by atoms with Crippen LogP contribution in [0.15, 0.2) is 42.6 Å². The van der Waals surface area contributed by atoms with Crippen molar-refractivity contribution in [3.63, 3.8) is 0 Å². The maximum absolute atomic E-state index is 5.75. The molecular formula is C16H20N4. The standard InChI is InChI=1S/C16H20N4/c1-13-3-2-4-14(11-13)19-7-9-20(10-8-19)15-5-6-18-16(17)12-15/h2-6,11-12H,7-10H2,1H3,(H2,17,18). The van der Waals surface area contributed by atoms with Crippen molar-refractivity contribution in [2.75, 3.05) is 41.7 Å². The van der Waals surface area contributed by atoms with Crippen molar-refractivity contribution in [2.45, 2.75) is 6.92 Å². The van der Waals surface area contributed by atoms with Crippen LogP contribution in [0.1, 0.15) is 5.56 Å². The van der Waals surface area contributed by atoms with Crippen molar-refractivity contribution >= 4 is 17.2 Å². The summed E-state index contributed by atoms with van der Waals surface area (Å²) in [5.41, 5.74) is 9.55. The Hall–Kier alpha value is -2.23. The van der Waals surface area contributed by atoms with Crippen LogP contribution < -0.4 is 15.5 Å². The Labute approximate surface area is 119 Å². The van der Waals surface area contributed by atoms with E-state index in [0.717, 1.165) is 26.2 Å².